The molecule has 0 aliphatic carbocycles. The van der Waals surface area contributed by atoms with E-state index in [1.165, 1.54) is 0 Å². The zero-order valence-electron chi connectivity index (χ0n) is 12.6. The second-order valence-corrected chi connectivity index (χ2v) is 4.73. The van der Waals surface area contributed by atoms with Gasteiger partial charge in [0.25, 0.3) is 0 Å². The van der Waals surface area contributed by atoms with Crippen molar-refractivity contribution in [1.29, 1.82) is 0 Å². The van der Waals surface area contributed by atoms with Crippen molar-refractivity contribution in [2.24, 2.45) is 5.73 Å². The van der Waals surface area contributed by atoms with Crippen molar-refractivity contribution >= 4 is 5.97 Å². The van der Waals surface area contributed by atoms with Gasteiger partial charge in [-0.2, -0.15) is 0 Å². The number of nitrogens with two attached hydrogens (primary N) is 1. The van der Waals surface area contributed by atoms with Gasteiger partial charge in [0.05, 0.1) is 7.11 Å². The molecule has 2 rings (SSSR count). The fourth-order valence-corrected chi connectivity index (χ4v) is 1.95. The third kappa shape index (κ3) is 4.31. The van der Waals surface area contributed by atoms with Crippen LogP contribution in [0.2, 0.25) is 0 Å². The van der Waals surface area contributed by atoms with Crippen LogP contribution in [-0.4, -0.2) is 19.3 Å². The summed E-state index contributed by atoms with van der Waals surface area (Å²) in [6.07, 6.45) is -1.48. The average Bonchev–Trinajstić information content (AvgIpc) is 2.53. The maximum absolute atomic E-state index is 12.4. The van der Waals surface area contributed by atoms with E-state index in [0.717, 1.165) is 0 Å². The Bertz CT molecular complexity index is 613. The highest BCUT2D eigenvalue weighted by molar-refractivity contribution is 5.79. The Hall–Kier alpha value is -2.37. The molecular formula is C17H19NO4. The molecule has 2 atom stereocenters. The maximum atomic E-state index is 12.4. The van der Waals surface area contributed by atoms with E-state index in [4.69, 9.17) is 19.9 Å². The fourth-order valence-electron chi connectivity index (χ4n) is 1.95. The van der Waals surface area contributed by atoms with Crippen LogP contribution in [-0.2, 0) is 9.53 Å². The highest BCUT2D eigenvalue weighted by atomic mass is 16.6. The topological polar surface area (TPSA) is 70.8 Å². The predicted molar refractivity (Wildman–Crippen MR) is 82.5 cm³/mol. The molecule has 0 aliphatic rings. The van der Waals surface area contributed by atoms with E-state index in [-0.39, 0.29) is 0 Å². The number of methoxy groups -OCH3 is 1. The van der Waals surface area contributed by atoms with Gasteiger partial charge in [-0.05, 0) is 24.6 Å². The molecule has 0 saturated heterocycles. The normalized spacial score (nSPS) is 13.2. The van der Waals surface area contributed by atoms with Crippen molar-refractivity contribution < 1.29 is 19.0 Å². The minimum absolute atomic E-state index is 0.388. The molecule has 0 radical (unpaired) electrons. The molecule has 2 aromatic rings. The first-order valence-corrected chi connectivity index (χ1v) is 6.92. The Morgan fingerprint density at radius 3 is 2.36 bits per heavy atom. The molecular weight excluding hydrogens is 282 g/mol. The Kier molecular flexibility index (Phi) is 5.52. The van der Waals surface area contributed by atoms with Crippen molar-refractivity contribution in [3.05, 3.63) is 60.2 Å². The average molecular weight is 301 g/mol. The van der Waals surface area contributed by atoms with Crippen LogP contribution in [0.4, 0.5) is 0 Å². The lowest BCUT2D eigenvalue weighted by Crippen LogP contribution is -2.29. The summed E-state index contributed by atoms with van der Waals surface area (Å²) in [7, 11) is 1.55. The number of carbonyl (C=O) groups is 1. The summed E-state index contributed by atoms with van der Waals surface area (Å²) in [5.74, 6) is 0.463. The van der Waals surface area contributed by atoms with Crippen LogP contribution in [0.25, 0.3) is 0 Å². The number of ether oxygens (including phenoxy) is 3. The zero-order valence-corrected chi connectivity index (χ0v) is 12.6. The summed E-state index contributed by atoms with van der Waals surface area (Å²) in [6.45, 7) is 1.66. The monoisotopic (exact) mass is 301 g/mol. The second-order valence-electron chi connectivity index (χ2n) is 4.73. The van der Waals surface area contributed by atoms with E-state index in [2.05, 4.69) is 0 Å². The SMILES string of the molecule is COc1cccc(OC(=O)[C@H](OC(C)N)c2ccccc2)c1. The molecule has 2 aromatic carbocycles. The fraction of sp³-hybridized carbons (Fsp3) is 0.235. The van der Waals surface area contributed by atoms with Crippen LogP contribution < -0.4 is 15.2 Å². The molecule has 22 heavy (non-hydrogen) atoms. The molecule has 0 bridgehead atoms. The van der Waals surface area contributed by atoms with Gasteiger partial charge < -0.3 is 19.9 Å². The van der Waals surface area contributed by atoms with Gasteiger partial charge in [0.15, 0.2) is 6.10 Å². The van der Waals surface area contributed by atoms with Gasteiger partial charge >= 0.3 is 5.97 Å². The van der Waals surface area contributed by atoms with E-state index in [0.29, 0.717) is 17.1 Å². The molecule has 0 saturated carbocycles. The van der Waals surface area contributed by atoms with E-state index in [1.54, 1.807) is 50.4 Å². The van der Waals surface area contributed by atoms with Gasteiger partial charge in [0.2, 0.25) is 0 Å². The van der Waals surface area contributed by atoms with Gasteiger partial charge in [-0.15, -0.1) is 0 Å². The first-order chi connectivity index (χ1) is 10.6. The molecule has 0 fully saturated rings. The number of hydrogen-bond donors (Lipinski definition) is 1. The molecule has 0 amide bonds. The molecule has 0 heterocycles. The summed E-state index contributed by atoms with van der Waals surface area (Å²) < 4.78 is 16.0. The molecule has 0 spiro atoms. The summed E-state index contributed by atoms with van der Waals surface area (Å²) in [5, 5.41) is 0. The van der Waals surface area contributed by atoms with Gasteiger partial charge in [0.1, 0.15) is 17.7 Å². The Morgan fingerprint density at radius 2 is 1.73 bits per heavy atom. The van der Waals surface area contributed by atoms with Gasteiger partial charge in [0, 0.05) is 6.07 Å². The second kappa shape index (κ2) is 7.59. The number of esters is 1. The molecule has 1 unspecified atom stereocenters. The molecule has 5 heteroatoms. The summed E-state index contributed by atoms with van der Waals surface area (Å²) in [5.41, 5.74) is 6.35. The van der Waals surface area contributed by atoms with Crippen LogP contribution in [0.1, 0.15) is 18.6 Å². The van der Waals surface area contributed by atoms with Gasteiger partial charge in [-0.25, -0.2) is 4.79 Å². The Labute approximate surface area is 129 Å². The molecule has 2 N–H and O–H groups in total. The van der Waals surface area contributed by atoms with Crippen molar-refractivity contribution in [3.8, 4) is 11.5 Å². The minimum atomic E-state index is -0.882. The predicted octanol–water partition coefficient (Wildman–Crippen LogP) is 2.66. The van der Waals surface area contributed by atoms with Crippen molar-refractivity contribution in [2.45, 2.75) is 19.3 Å². The van der Waals surface area contributed by atoms with Crippen LogP contribution in [0, 0.1) is 0 Å². The van der Waals surface area contributed by atoms with Crippen molar-refractivity contribution in [3.63, 3.8) is 0 Å². The summed E-state index contributed by atoms with van der Waals surface area (Å²) in [6, 6.07) is 15.9. The van der Waals surface area contributed by atoms with Crippen molar-refractivity contribution in [1.82, 2.24) is 0 Å². The number of hydrogen-bond acceptors (Lipinski definition) is 5. The molecule has 0 aliphatic heterocycles. The maximum Gasteiger partial charge on any atom is 0.345 e. The van der Waals surface area contributed by atoms with Crippen LogP contribution in [0.15, 0.2) is 54.6 Å². The molecule has 116 valence electrons. The zero-order chi connectivity index (χ0) is 15.9. The van der Waals surface area contributed by atoms with E-state index < -0.39 is 18.3 Å². The number of benzene rings is 2. The Balaban J connectivity index is 2.18. The third-order valence-electron chi connectivity index (χ3n) is 2.93. The standard InChI is InChI=1S/C17H19NO4/c1-12(18)21-16(13-7-4-3-5-8-13)17(19)22-15-10-6-9-14(11-15)20-2/h3-12,16H,18H2,1-2H3/t12?,16-/m1/s1. The minimum Gasteiger partial charge on any atom is -0.497 e. The quantitative estimate of drug-likeness (QED) is 0.504. The number of carbonyl (C=O) groups excluding carboxylic acids is 1. The molecule has 5 nitrogen and oxygen atoms in total. The first kappa shape index (κ1) is 16.0. The lowest BCUT2D eigenvalue weighted by molar-refractivity contribution is -0.151. The van der Waals surface area contributed by atoms with Crippen LogP contribution in [0.5, 0.6) is 11.5 Å². The van der Waals surface area contributed by atoms with Gasteiger partial charge in [-0.3, -0.25) is 0 Å². The first-order valence-electron chi connectivity index (χ1n) is 6.92. The van der Waals surface area contributed by atoms with E-state index in [1.807, 2.05) is 18.2 Å². The van der Waals surface area contributed by atoms with Crippen molar-refractivity contribution in [2.75, 3.05) is 7.11 Å². The lowest BCUT2D eigenvalue weighted by Gasteiger charge is -2.19. The smallest absolute Gasteiger partial charge is 0.345 e. The van der Waals surface area contributed by atoms with Gasteiger partial charge in [-0.1, -0.05) is 36.4 Å². The Morgan fingerprint density at radius 1 is 1.05 bits per heavy atom. The lowest BCUT2D eigenvalue weighted by atomic mass is 10.1. The van der Waals surface area contributed by atoms with E-state index in [9.17, 15) is 4.79 Å². The summed E-state index contributed by atoms with van der Waals surface area (Å²) >= 11 is 0. The third-order valence-corrected chi connectivity index (χ3v) is 2.93. The largest absolute Gasteiger partial charge is 0.497 e. The number of rotatable bonds is 6. The van der Waals surface area contributed by atoms with Crippen LogP contribution >= 0.6 is 0 Å². The highest BCUT2D eigenvalue weighted by Crippen LogP contribution is 2.24. The van der Waals surface area contributed by atoms with E-state index >= 15 is 0 Å². The highest BCUT2D eigenvalue weighted by Gasteiger charge is 2.25. The molecule has 0 aromatic heterocycles. The summed E-state index contributed by atoms with van der Waals surface area (Å²) in [4.78, 5) is 12.4. The van der Waals surface area contributed by atoms with Crippen LogP contribution in [0.3, 0.4) is 0 Å².